The fourth-order valence-electron chi connectivity index (χ4n) is 1.21. The van der Waals surface area contributed by atoms with Gasteiger partial charge in [-0.25, -0.2) is 0 Å². The van der Waals surface area contributed by atoms with Gasteiger partial charge in [-0.3, -0.25) is 0 Å². The SMILES string of the molecule is C.CC(C)C1OC1C(C)C. The van der Waals surface area contributed by atoms with Crippen LogP contribution < -0.4 is 0 Å². The summed E-state index contributed by atoms with van der Waals surface area (Å²) >= 11 is 0. The summed E-state index contributed by atoms with van der Waals surface area (Å²) < 4.78 is 5.44. The van der Waals surface area contributed by atoms with Crippen LogP contribution in [0.1, 0.15) is 35.1 Å². The number of hydrogen-bond donors (Lipinski definition) is 0. The molecule has 0 bridgehead atoms. The van der Waals surface area contributed by atoms with Crippen LogP contribution in [0.3, 0.4) is 0 Å². The smallest absolute Gasteiger partial charge is 0.0867 e. The van der Waals surface area contributed by atoms with Crippen molar-refractivity contribution in [3.05, 3.63) is 0 Å². The average Bonchev–Trinajstić information content (AvgIpc) is 2.39. The molecule has 1 heteroatoms. The summed E-state index contributed by atoms with van der Waals surface area (Å²) in [5.74, 6) is 1.41. The molecule has 0 amide bonds. The standard InChI is InChI=1S/C8H16O.CH4/c1-5(2)7-8(9-7)6(3)4;/h5-8H,1-4H3;1H4. The van der Waals surface area contributed by atoms with Crippen molar-refractivity contribution >= 4 is 0 Å². The van der Waals surface area contributed by atoms with Gasteiger partial charge in [0.25, 0.3) is 0 Å². The van der Waals surface area contributed by atoms with E-state index in [1.165, 1.54) is 0 Å². The van der Waals surface area contributed by atoms with Gasteiger partial charge < -0.3 is 4.74 Å². The van der Waals surface area contributed by atoms with Gasteiger partial charge in [-0.1, -0.05) is 35.1 Å². The van der Waals surface area contributed by atoms with Crippen molar-refractivity contribution < 1.29 is 4.74 Å². The lowest BCUT2D eigenvalue weighted by atomic mass is 10.0. The Labute approximate surface area is 64.8 Å². The molecule has 0 aromatic heterocycles. The van der Waals surface area contributed by atoms with Crippen molar-refractivity contribution in [1.82, 2.24) is 0 Å². The van der Waals surface area contributed by atoms with E-state index >= 15 is 0 Å². The van der Waals surface area contributed by atoms with Gasteiger partial charge in [0.05, 0.1) is 12.2 Å². The van der Waals surface area contributed by atoms with Crippen LogP contribution in [-0.2, 0) is 4.74 Å². The molecule has 1 fully saturated rings. The number of epoxide rings is 1. The van der Waals surface area contributed by atoms with Gasteiger partial charge >= 0.3 is 0 Å². The van der Waals surface area contributed by atoms with Crippen LogP contribution in [0.5, 0.6) is 0 Å². The van der Waals surface area contributed by atoms with E-state index in [0.29, 0.717) is 24.0 Å². The Morgan fingerprint density at radius 2 is 1.20 bits per heavy atom. The van der Waals surface area contributed by atoms with E-state index < -0.39 is 0 Å². The third-order valence-electron chi connectivity index (χ3n) is 1.88. The third-order valence-corrected chi connectivity index (χ3v) is 1.88. The Morgan fingerprint density at radius 3 is 1.30 bits per heavy atom. The van der Waals surface area contributed by atoms with E-state index in [1.807, 2.05) is 0 Å². The molecule has 0 aromatic carbocycles. The third kappa shape index (κ3) is 1.98. The first-order valence-corrected chi connectivity index (χ1v) is 3.78. The molecule has 0 N–H and O–H groups in total. The highest BCUT2D eigenvalue weighted by Crippen LogP contribution is 2.34. The Balaban J connectivity index is 0.000000810. The van der Waals surface area contributed by atoms with Crippen molar-refractivity contribution in [1.29, 1.82) is 0 Å². The molecule has 1 heterocycles. The maximum atomic E-state index is 5.44. The lowest BCUT2D eigenvalue weighted by molar-refractivity contribution is 0.313. The predicted octanol–water partition coefficient (Wildman–Crippen LogP) is 2.70. The molecule has 10 heavy (non-hydrogen) atoms. The minimum absolute atomic E-state index is 0. The molecule has 2 unspecified atom stereocenters. The number of ether oxygens (including phenoxy) is 1. The summed E-state index contributed by atoms with van der Waals surface area (Å²) in [6.45, 7) is 8.86. The molecule has 0 aromatic rings. The van der Waals surface area contributed by atoms with Crippen LogP contribution in [0.15, 0.2) is 0 Å². The monoisotopic (exact) mass is 144 g/mol. The zero-order valence-corrected chi connectivity index (χ0v) is 6.72. The summed E-state index contributed by atoms with van der Waals surface area (Å²) in [7, 11) is 0. The molecule has 1 aliphatic rings. The molecule has 62 valence electrons. The van der Waals surface area contributed by atoms with Gasteiger partial charge in [-0.05, 0) is 11.8 Å². The van der Waals surface area contributed by atoms with Crippen molar-refractivity contribution in [3.63, 3.8) is 0 Å². The van der Waals surface area contributed by atoms with Crippen molar-refractivity contribution in [2.75, 3.05) is 0 Å². The fourth-order valence-corrected chi connectivity index (χ4v) is 1.21. The van der Waals surface area contributed by atoms with E-state index in [-0.39, 0.29) is 7.43 Å². The Hall–Kier alpha value is -0.0400. The molecular formula is C9H20O. The summed E-state index contributed by atoms with van der Waals surface area (Å²) in [5, 5.41) is 0. The predicted molar refractivity (Wildman–Crippen MR) is 45.1 cm³/mol. The highest BCUT2D eigenvalue weighted by molar-refractivity contribution is 4.88. The summed E-state index contributed by atoms with van der Waals surface area (Å²) in [4.78, 5) is 0. The molecule has 1 saturated heterocycles. The average molecular weight is 144 g/mol. The zero-order valence-electron chi connectivity index (χ0n) is 6.72. The Kier molecular flexibility index (Phi) is 3.37. The van der Waals surface area contributed by atoms with Gasteiger partial charge in [0.2, 0.25) is 0 Å². The van der Waals surface area contributed by atoms with Crippen LogP contribution in [0.2, 0.25) is 0 Å². The molecule has 2 atom stereocenters. The highest BCUT2D eigenvalue weighted by atomic mass is 16.6. The fraction of sp³-hybridized carbons (Fsp3) is 1.00. The van der Waals surface area contributed by atoms with Crippen LogP contribution >= 0.6 is 0 Å². The largest absolute Gasteiger partial charge is 0.369 e. The molecule has 0 spiro atoms. The first-order chi connectivity index (χ1) is 4.13. The Bertz CT molecular complexity index is 84.9. The maximum absolute atomic E-state index is 5.44. The van der Waals surface area contributed by atoms with Gasteiger partial charge in [-0.2, -0.15) is 0 Å². The normalized spacial score (nSPS) is 30.6. The number of rotatable bonds is 2. The second kappa shape index (κ2) is 3.38. The molecule has 0 aliphatic carbocycles. The van der Waals surface area contributed by atoms with E-state index in [2.05, 4.69) is 27.7 Å². The summed E-state index contributed by atoms with van der Waals surface area (Å²) in [5.41, 5.74) is 0. The summed E-state index contributed by atoms with van der Waals surface area (Å²) in [6.07, 6.45) is 1.12. The molecule has 0 radical (unpaired) electrons. The molecule has 1 rings (SSSR count). The first-order valence-electron chi connectivity index (χ1n) is 3.78. The van der Waals surface area contributed by atoms with Crippen molar-refractivity contribution in [3.8, 4) is 0 Å². The highest BCUT2D eigenvalue weighted by Gasteiger charge is 2.42. The number of hydrogen-bond acceptors (Lipinski definition) is 1. The van der Waals surface area contributed by atoms with E-state index in [0.717, 1.165) is 0 Å². The molecular weight excluding hydrogens is 124 g/mol. The van der Waals surface area contributed by atoms with Gasteiger partial charge in [0, 0.05) is 0 Å². The van der Waals surface area contributed by atoms with Crippen LogP contribution in [0, 0.1) is 11.8 Å². The lowest BCUT2D eigenvalue weighted by Crippen LogP contribution is -2.07. The van der Waals surface area contributed by atoms with Crippen molar-refractivity contribution in [2.45, 2.75) is 47.3 Å². The molecule has 0 saturated carbocycles. The van der Waals surface area contributed by atoms with E-state index in [1.54, 1.807) is 0 Å². The lowest BCUT2D eigenvalue weighted by Gasteiger charge is -1.99. The van der Waals surface area contributed by atoms with Gasteiger partial charge in [0.1, 0.15) is 0 Å². The Morgan fingerprint density at radius 1 is 0.900 bits per heavy atom. The molecule has 1 nitrogen and oxygen atoms in total. The topological polar surface area (TPSA) is 12.5 Å². The molecule has 1 aliphatic heterocycles. The van der Waals surface area contributed by atoms with Crippen LogP contribution in [0.4, 0.5) is 0 Å². The zero-order chi connectivity index (χ0) is 7.02. The second-order valence-electron chi connectivity index (χ2n) is 3.55. The quantitative estimate of drug-likeness (QED) is 0.543. The van der Waals surface area contributed by atoms with Crippen LogP contribution in [-0.4, -0.2) is 12.2 Å². The minimum atomic E-state index is 0. The van der Waals surface area contributed by atoms with Gasteiger partial charge in [0.15, 0.2) is 0 Å². The van der Waals surface area contributed by atoms with Crippen molar-refractivity contribution in [2.24, 2.45) is 11.8 Å². The van der Waals surface area contributed by atoms with E-state index in [4.69, 9.17) is 4.74 Å². The summed E-state index contributed by atoms with van der Waals surface area (Å²) in [6, 6.07) is 0. The first kappa shape index (κ1) is 9.96. The van der Waals surface area contributed by atoms with E-state index in [9.17, 15) is 0 Å². The maximum Gasteiger partial charge on any atom is 0.0867 e. The minimum Gasteiger partial charge on any atom is -0.369 e. The van der Waals surface area contributed by atoms with Crippen LogP contribution in [0.25, 0.3) is 0 Å². The second-order valence-corrected chi connectivity index (χ2v) is 3.55. The van der Waals surface area contributed by atoms with Gasteiger partial charge in [-0.15, -0.1) is 0 Å².